The zero-order chi connectivity index (χ0) is 29.6. The number of carbonyl (C=O) groups is 2. The van der Waals surface area contributed by atoms with Crippen LogP contribution < -0.4 is 4.72 Å². The van der Waals surface area contributed by atoms with Gasteiger partial charge in [-0.25, -0.2) is 4.72 Å². The molecule has 0 spiro atoms. The number of aromatic nitrogens is 1. The lowest BCUT2D eigenvalue weighted by atomic mass is 9.81. The minimum absolute atomic E-state index is 0.0670. The van der Waals surface area contributed by atoms with Gasteiger partial charge in [0.1, 0.15) is 0 Å². The summed E-state index contributed by atoms with van der Waals surface area (Å²) in [6.07, 6.45) is 7.74. The number of carbonyl (C=O) groups excluding carboxylic acids is 2. The second kappa shape index (κ2) is 11.3. The first-order valence-electron chi connectivity index (χ1n) is 14.7. The van der Waals surface area contributed by atoms with Gasteiger partial charge in [-0.15, -0.1) is 0 Å². The molecule has 9 nitrogen and oxygen atoms in total. The van der Waals surface area contributed by atoms with E-state index in [0.29, 0.717) is 24.6 Å². The Hall–Kier alpha value is -3.47. The van der Waals surface area contributed by atoms with E-state index in [9.17, 15) is 18.0 Å². The predicted molar refractivity (Wildman–Crippen MR) is 163 cm³/mol. The van der Waals surface area contributed by atoms with Crippen molar-refractivity contribution in [1.29, 1.82) is 0 Å². The fourth-order valence-electron chi connectivity index (χ4n) is 6.54. The van der Waals surface area contributed by atoms with Gasteiger partial charge < -0.3 is 14.2 Å². The molecule has 1 aromatic heterocycles. The number of hydrogen-bond acceptors (Lipinski definition) is 5. The Balaban J connectivity index is 1.60. The molecule has 1 fully saturated rings. The number of ether oxygens (including phenoxy) is 1. The van der Waals surface area contributed by atoms with Crippen molar-refractivity contribution < 1.29 is 22.7 Å². The Bertz CT molecular complexity index is 1700. The fraction of sp³-hybridized carbons (Fsp3) is 0.438. The van der Waals surface area contributed by atoms with E-state index < -0.39 is 16.1 Å². The van der Waals surface area contributed by atoms with Gasteiger partial charge in [-0.05, 0) is 55.0 Å². The van der Waals surface area contributed by atoms with E-state index in [2.05, 4.69) is 34.4 Å². The number of rotatable bonds is 1. The zero-order valence-corrected chi connectivity index (χ0v) is 25.3. The highest BCUT2D eigenvalue weighted by molar-refractivity contribution is 7.87. The maximum Gasteiger partial charge on any atom is 0.303 e. The Morgan fingerprint density at radius 3 is 2.50 bits per heavy atom. The number of nitrogens with zero attached hydrogens (tertiary/aromatic N) is 3. The van der Waals surface area contributed by atoms with E-state index in [1.165, 1.54) is 19.0 Å². The van der Waals surface area contributed by atoms with Gasteiger partial charge in [0.15, 0.2) is 0 Å². The molecule has 1 N–H and O–H groups in total. The average molecular weight is 591 g/mol. The quantitative estimate of drug-likeness (QED) is 0.451. The van der Waals surface area contributed by atoms with Crippen LogP contribution in [0.3, 0.4) is 0 Å². The molecular formula is C32H38N4O5S. The van der Waals surface area contributed by atoms with Crippen molar-refractivity contribution >= 4 is 39.0 Å². The highest BCUT2D eigenvalue weighted by Crippen LogP contribution is 2.46. The van der Waals surface area contributed by atoms with Crippen LogP contribution in [-0.4, -0.2) is 74.4 Å². The first-order chi connectivity index (χ1) is 20.1. The number of benzene rings is 2. The van der Waals surface area contributed by atoms with Crippen LogP contribution in [0.2, 0.25) is 0 Å². The van der Waals surface area contributed by atoms with Crippen molar-refractivity contribution in [2.45, 2.75) is 51.5 Å². The highest BCUT2D eigenvalue weighted by Gasteiger charge is 2.31. The first kappa shape index (κ1) is 28.6. The monoisotopic (exact) mass is 590 g/mol. The first-order valence-corrected chi connectivity index (χ1v) is 16.2. The van der Waals surface area contributed by atoms with Crippen molar-refractivity contribution in [1.82, 2.24) is 18.5 Å². The van der Waals surface area contributed by atoms with Crippen molar-refractivity contribution in [3.8, 4) is 11.3 Å². The van der Waals surface area contributed by atoms with Gasteiger partial charge in [-0.2, -0.15) is 12.7 Å². The van der Waals surface area contributed by atoms with Gasteiger partial charge in [0, 0.05) is 54.8 Å². The molecular weight excluding hydrogens is 552 g/mol. The molecule has 2 aromatic carbocycles. The summed E-state index contributed by atoms with van der Waals surface area (Å²) in [5, 5.41) is 1.05. The summed E-state index contributed by atoms with van der Waals surface area (Å²) in [4.78, 5) is 28.9. The number of aryl methyl sites for hydroxylation is 1. The molecule has 10 heteroatoms. The molecule has 0 saturated heterocycles. The van der Waals surface area contributed by atoms with Crippen molar-refractivity contribution in [2.75, 3.05) is 40.4 Å². The topological polar surface area (TPSA) is 101 Å². The molecule has 42 heavy (non-hydrogen) atoms. The molecule has 222 valence electrons. The molecule has 1 saturated carbocycles. The second-order valence-electron chi connectivity index (χ2n) is 11.8. The van der Waals surface area contributed by atoms with Crippen LogP contribution in [0.15, 0.2) is 42.0 Å². The number of nitrogens with one attached hydrogen (secondary N) is 1. The van der Waals surface area contributed by atoms with Crippen LogP contribution in [0, 0.1) is 6.92 Å². The molecule has 0 unspecified atom stereocenters. The summed E-state index contributed by atoms with van der Waals surface area (Å²) >= 11 is 0. The smallest absolute Gasteiger partial charge is 0.303 e. The summed E-state index contributed by atoms with van der Waals surface area (Å²) in [7, 11) is -0.900. The summed E-state index contributed by atoms with van der Waals surface area (Å²) in [5.74, 6) is -0.423. The minimum Gasteiger partial charge on any atom is -0.378 e. The van der Waals surface area contributed by atoms with Gasteiger partial charge >= 0.3 is 10.2 Å². The molecule has 3 heterocycles. The normalized spacial score (nSPS) is 20.7. The van der Waals surface area contributed by atoms with Crippen LogP contribution in [0.5, 0.6) is 0 Å². The summed E-state index contributed by atoms with van der Waals surface area (Å²) < 4.78 is 37.0. The Kier molecular flexibility index (Phi) is 7.72. The van der Waals surface area contributed by atoms with Crippen LogP contribution in [0.25, 0.3) is 28.2 Å². The molecule has 0 radical (unpaired) electrons. The summed E-state index contributed by atoms with van der Waals surface area (Å²) in [5.41, 5.74) is 7.24. The molecule has 2 amide bonds. The molecule has 3 aromatic rings. The van der Waals surface area contributed by atoms with Crippen LogP contribution in [-0.2, 0) is 26.3 Å². The lowest BCUT2D eigenvalue weighted by molar-refractivity contribution is -0.126. The zero-order valence-electron chi connectivity index (χ0n) is 24.5. The van der Waals surface area contributed by atoms with Gasteiger partial charge in [0.05, 0.1) is 25.5 Å². The molecule has 2 aliphatic heterocycles. The van der Waals surface area contributed by atoms with E-state index in [4.69, 9.17) is 4.74 Å². The third-order valence-electron chi connectivity index (χ3n) is 8.87. The lowest BCUT2D eigenvalue weighted by Crippen LogP contribution is -2.42. The van der Waals surface area contributed by atoms with Gasteiger partial charge in [0.2, 0.25) is 0 Å². The maximum absolute atomic E-state index is 13.9. The van der Waals surface area contributed by atoms with Gasteiger partial charge in [0.25, 0.3) is 11.8 Å². The second-order valence-corrected chi connectivity index (χ2v) is 13.6. The number of fused-ring (bicyclic) bond motifs is 4. The third kappa shape index (κ3) is 5.27. The largest absolute Gasteiger partial charge is 0.378 e. The molecule has 1 aliphatic carbocycles. The Labute approximate surface area is 247 Å². The van der Waals surface area contributed by atoms with E-state index in [1.807, 2.05) is 12.1 Å². The molecule has 4 bridgehead atoms. The molecule has 0 atom stereocenters. The number of amides is 2. The van der Waals surface area contributed by atoms with Crippen molar-refractivity contribution in [3.05, 3.63) is 64.2 Å². The summed E-state index contributed by atoms with van der Waals surface area (Å²) in [6, 6.07) is 11.8. The van der Waals surface area contributed by atoms with Crippen LogP contribution >= 0.6 is 0 Å². The SMILES string of the molecule is Cc1ccc2c(c1)C=C1Cn3c-2c(C2CCCCC2)c2ccc(cc23)C(=O)NS(=O)(=O)N(C)CCOCCN(C)C1=O. The van der Waals surface area contributed by atoms with E-state index in [1.54, 1.807) is 24.1 Å². The summed E-state index contributed by atoms with van der Waals surface area (Å²) in [6.45, 7) is 3.22. The Morgan fingerprint density at radius 1 is 0.952 bits per heavy atom. The van der Waals surface area contributed by atoms with E-state index in [-0.39, 0.29) is 31.2 Å². The van der Waals surface area contributed by atoms with E-state index in [0.717, 1.165) is 63.3 Å². The predicted octanol–water partition coefficient (Wildman–Crippen LogP) is 4.46. The maximum atomic E-state index is 13.9. The van der Waals surface area contributed by atoms with Crippen LogP contribution in [0.4, 0.5) is 0 Å². The number of likely N-dealkylation sites (N-methyl/N-ethyl adjacent to an activating group) is 2. The minimum atomic E-state index is -4.07. The van der Waals surface area contributed by atoms with Gasteiger partial charge in [-0.1, -0.05) is 49.1 Å². The highest BCUT2D eigenvalue weighted by atomic mass is 32.2. The van der Waals surface area contributed by atoms with Gasteiger partial charge in [-0.3, -0.25) is 9.59 Å². The lowest BCUT2D eigenvalue weighted by Gasteiger charge is -2.24. The fourth-order valence-corrected chi connectivity index (χ4v) is 7.37. The third-order valence-corrected chi connectivity index (χ3v) is 10.3. The van der Waals surface area contributed by atoms with Crippen molar-refractivity contribution in [2.24, 2.45) is 0 Å². The molecule has 3 aliphatic rings. The standard InChI is InChI=1S/C32H38N4O5S/c1-21-9-11-26-24(17-21)18-25-20-36-28-19-23(10-12-27(28)29(30(26)36)22-7-5-4-6-8-22)31(37)33-42(39,40)35(3)14-16-41-15-13-34(2)32(25)38/h9-12,17-19,22H,4-8,13-16,20H2,1-3H3,(H,33,37). The Morgan fingerprint density at radius 2 is 1.71 bits per heavy atom. The van der Waals surface area contributed by atoms with Crippen LogP contribution in [0.1, 0.15) is 65.1 Å². The van der Waals surface area contributed by atoms with E-state index >= 15 is 0 Å². The number of hydrogen-bond donors (Lipinski definition) is 1. The average Bonchev–Trinajstić information content (AvgIpc) is 3.18. The van der Waals surface area contributed by atoms with Crippen molar-refractivity contribution in [3.63, 3.8) is 0 Å². The molecule has 6 rings (SSSR count).